The lowest BCUT2D eigenvalue weighted by atomic mass is 10.2. The van der Waals surface area contributed by atoms with E-state index in [1.54, 1.807) is 12.3 Å². The van der Waals surface area contributed by atoms with Gasteiger partial charge in [-0.25, -0.2) is 9.97 Å². The molecule has 0 aliphatic carbocycles. The van der Waals surface area contributed by atoms with Crippen LogP contribution in [0, 0.1) is 6.92 Å². The van der Waals surface area contributed by atoms with Crippen molar-refractivity contribution < 1.29 is 9.90 Å². The van der Waals surface area contributed by atoms with Gasteiger partial charge in [0.25, 0.3) is 0 Å². The van der Waals surface area contributed by atoms with Gasteiger partial charge in [0.15, 0.2) is 0 Å². The van der Waals surface area contributed by atoms with Crippen LogP contribution in [0.2, 0.25) is 0 Å². The zero-order valence-electron chi connectivity index (χ0n) is 8.73. The molecule has 0 bridgehead atoms. The van der Waals surface area contributed by atoms with Crippen molar-refractivity contribution in [3.05, 3.63) is 18.1 Å². The number of anilines is 1. The van der Waals surface area contributed by atoms with Crippen molar-refractivity contribution in [1.82, 2.24) is 9.97 Å². The van der Waals surface area contributed by atoms with E-state index in [9.17, 15) is 4.79 Å². The molecule has 0 spiro atoms. The number of unbranched alkanes of at least 4 members (excludes halogenated alkanes) is 1. The number of hydrogen-bond acceptors (Lipinski definition) is 4. The molecule has 0 aliphatic heterocycles. The first-order valence-electron chi connectivity index (χ1n) is 4.94. The summed E-state index contributed by atoms with van der Waals surface area (Å²) in [6.45, 7) is 2.57. The Morgan fingerprint density at radius 2 is 2.33 bits per heavy atom. The molecule has 0 saturated heterocycles. The monoisotopic (exact) mass is 209 g/mol. The zero-order chi connectivity index (χ0) is 11.1. The second-order valence-corrected chi connectivity index (χ2v) is 3.27. The molecular formula is C10H15N3O2. The largest absolute Gasteiger partial charge is 0.481 e. The smallest absolute Gasteiger partial charge is 0.303 e. The van der Waals surface area contributed by atoms with E-state index < -0.39 is 5.97 Å². The summed E-state index contributed by atoms with van der Waals surface area (Å²) in [5, 5.41) is 11.5. The first-order valence-corrected chi connectivity index (χ1v) is 4.94. The molecule has 0 atom stereocenters. The van der Waals surface area contributed by atoms with E-state index in [4.69, 9.17) is 5.11 Å². The fourth-order valence-corrected chi connectivity index (χ4v) is 1.17. The second kappa shape index (κ2) is 5.95. The van der Waals surface area contributed by atoms with E-state index in [0.717, 1.165) is 24.6 Å². The topological polar surface area (TPSA) is 75.1 Å². The minimum atomic E-state index is -0.743. The van der Waals surface area contributed by atoms with Crippen LogP contribution in [0.25, 0.3) is 0 Å². The molecular weight excluding hydrogens is 194 g/mol. The maximum Gasteiger partial charge on any atom is 0.303 e. The number of carbonyl (C=O) groups is 1. The van der Waals surface area contributed by atoms with Crippen molar-refractivity contribution in [2.75, 3.05) is 11.9 Å². The predicted octanol–water partition coefficient (Wildman–Crippen LogP) is 1.45. The van der Waals surface area contributed by atoms with Crippen LogP contribution in [0.5, 0.6) is 0 Å². The standard InChI is InChI=1S/C10H15N3O2/c1-8-11-7-5-9(13-8)12-6-3-2-4-10(14)15/h5,7H,2-4,6H2,1H3,(H,14,15)(H,11,12,13). The Morgan fingerprint density at radius 3 is 3.00 bits per heavy atom. The van der Waals surface area contributed by atoms with Gasteiger partial charge in [-0.2, -0.15) is 0 Å². The Hall–Kier alpha value is -1.65. The maximum absolute atomic E-state index is 10.2. The Bertz CT molecular complexity index is 328. The van der Waals surface area contributed by atoms with Gasteiger partial charge in [0.05, 0.1) is 0 Å². The molecule has 0 saturated carbocycles. The van der Waals surface area contributed by atoms with Crippen molar-refractivity contribution in [1.29, 1.82) is 0 Å². The minimum Gasteiger partial charge on any atom is -0.481 e. The van der Waals surface area contributed by atoms with Crippen LogP contribution >= 0.6 is 0 Å². The van der Waals surface area contributed by atoms with Gasteiger partial charge < -0.3 is 10.4 Å². The fraction of sp³-hybridized carbons (Fsp3) is 0.500. The van der Waals surface area contributed by atoms with E-state index in [1.165, 1.54) is 0 Å². The van der Waals surface area contributed by atoms with Crippen LogP contribution in [0.4, 0.5) is 5.82 Å². The lowest BCUT2D eigenvalue weighted by Gasteiger charge is -2.04. The highest BCUT2D eigenvalue weighted by Gasteiger charge is 1.97. The number of nitrogens with zero attached hydrogens (tertiary/aromatic N) is 2. The van der Waals surface area contributed by atoms with Gasteiger partial charge in [-0.15, -0.1) is 0 Å². The number of aliphatic carboxylic acids is 1. The summed E-state index contributed by atoms with van der Waals surface area (Å²) in [5.74, 6) is 0.774. The molecule has 0 amide bonds. The highest BCUT2D eigenvalue weighted by atomic mass is 16.4. The van der Waals surface area contributed by atoms with Crippen molar-refractivity contribution in [3.8, 4) is 0 Å². The number of aromatic nitrogens is 2. The lowest BCUT2D eigenvalue weighted by molar-refractivity contribution is -0.137. The Balaban J connectivity index is 2.17. The lowest BCUT2D eigenvalue weighted by Crippen LogP contribution is -2.05. The molecule has 1 aromatic rings. The van der Waals surface area contributed by atoms with Crippen LogP contribution in [0.3, 0.4) is 0 Å². The quantitative estimate of drug-likeness (QED) is 0.693. The SMILES string of the molecule is Cc1nccc(NCCCCC(=O)O)n1. The van der Waals surface area contributed by atoms with Gasteiger partial charge in [0.2, 0.25) is 0 Å². The third kappa shape index (κ3) is 4.95. The van der Waals surface area contributed by atoms with E-state index in [-0.39, 0.29) is 6.42 Å². The summed E-state index contributed by atoms with van der Waals surface area (Å²) in [7, 11) is 0. The van der Waals surface area contributed by atoms with Crippen LogP contribution in [-0.2, 0) is 4.79 Å². The second-order valence-electron chi connectivity index (χ2n) is 3.27. The third-order valence-electron chi connectivity index (χ3n) is 1.90. The summed E-state index contributed by atoms with van der Waals surface area (Å²) in [5.41, 5.74) is 0. The molecule has 0 radical (unpaired) electrons. The molecule has 0 aromatic carbocycles. The summed E-state index contributed by atoms with van der Waals surface area (Å²) >= 11 is 0. The Kier molecular flexibility index (Phi) is 4.53. The minimum absolute atomic E-state index is 0.227. The number of nitrogens with one attached hydrogen (secondary N) is 1. The third-order valence-corrected chi connectivity index (χ3v) is 1.90. The van der Waals surface area contributed by atoms with Crippen LogP contribution in [0.15, 0.2) is 12.3 Å². The van der Waals surface area contributed by atoms with Crippen LogP contribution in [-0.4, -0.2) is 27.6 Å². The van der Waals surface area contributed by atoms with Gasteiger partial charge in [0.1, 0.15) is 11.6 Å². The number of hydrogen-bond donors (Lipinski definition) is 2. The van der Waals surface area contributed by atoms with Crippen molar-refractivity contribution in [2.24, 2.45) is 0 Å². The highest BCUT2D eigenvalue weighted by molar-refractivity contribution is 5.66. The van der Waals surface area contributed by atoms with Crippen molar-refractivity contribution in [2.45, 2.75) is 26.2 Å². The molecule has 1 heterocycles. The number of carboxylic acid groups (broad SMARTS) is 1. The molecule has 5 nitrogen and oxygen atoms in total. The van der Waals surface area contributed by atoms with E-state index >= 15 is 0 Å². The van der Waals surface area contributed by atoms with E-state index in [2.05, 4.69) is 15.3 Å². The average Bonchev–Trinajstić information content (AvgIpc) is 2.17. The molecule has 15 heavy (non-hydrogen) atoms. The average molecular weight is 209 g/mol. The summed E-state index contributed by atoms with van der Waals surface area (Å²) in [4.78, 5) is 18.4. The fourth-order valence-electron chi connectivity index (χ4n) is 1.17. The number of aryl methyl sites for hydroxylation is 1. The van der Waals surface area contributed by atoms with Crippen LogP contribution < -0.4 is 5.32 Å². The van der Waals surface area contributed by atoms with Crippen molar-refractivity contribution in [3.63, 3.8) is 0 Å². The first-order chi connectivity index (χ1) is 7.18. The van der Waals surface area contributed by atoms with Crippen molar-refractivity contribution >= 4 is 11.8 Å². The molecule has 0 fully saturated rings. The van der Waals surface area contributed by atoms with E-state index in [0.29, 0.717) is 6.42 Å². The summed E-state index contributed by atoms with van der Waals surface area (Å²) in [6, 6.07) is 1.80. The van der Waals surface area contributed by atoms with Crippen LogP contribution in [0.1, 0.15) is 25.1 Å². The number of rotatable bonds is 6. The highest BCUT2D eigenvalue weighted by Crippen LogP contribution is 2.02. The summed E-state index contributed by atoms with van der Waals surface area (Å²) in [6.07, 6.45) is 3.44. The van der Waals surface area contributed by atoms with Gasteiger partial charge in [0, 0.05) is 19.2 Å². The van der Waals surface area contributed by atoms with E-state index in [1.807, 2.05) is 6.92 Å². The molecule has 1 rings (SSSR count). The molecule has 0 unspecified atom stereocenters. The van der Waals surface area contributed by atoms with Gasteiger partial charge >= 0.3 is 5.97 Å². The summed E-state index contributed by atoms with van der Waals surface area (Å²) < 4.78 is 0. The first kappa shape index (κ1) is 11.4. The Labute approximate surface area is 88.6 Å². The normalized spacial score (nSPS) is 9.93. The molecule has 82 valence electrons. The molecule has 0 aliphatic rings. The van der Waals surface area contributed by atoms with Gasteiger partial charge in [-0.1, -0.05) is 0 Å². The Morgan fingerprint density at radius 1 is 1.53 bits per heavy atom. The van der Waals surface area contributed by atoms with Gasteiger partial charge in [-0.05, 0) is 25.8 Å². The number of carboxylic acids is 1. The molecule has 5 heteroatoms. The maximum atomic E-state index is 10.2. The zero-order valence-corrected chi connectivity index (χ0v) is 8.73. The molecule has 2 N–H and O–H groups in total. The van der Waals surface area contributed by atoms with Gasteiger partial charge in [-0.3, -0.25) is 4.79 Å². The predicted molar refractivity (Wildman–Crippen MR) is 56.7 cm³/mol. The molecule has 1 aromatic heterocycles.